The van der Waals surface area contributed by atoms with Crippen LogP contribution < -0.4 is 0 Å². The first-order chi connectivity index (χ1) is 5.29. The Hall–Kier alpha value is -0.470. The summed E-state index contributed by atoms with van der Waals surface area (Å²) in [5.41, 5.74) is 1.07. The van der Waals surface area contributed by atoms with Crippen molar-refractivity contribution < 1.29 is 0 Å². The lowest BCUT2D eigenvalue weighted by molar-refractivity contribution is 1.48. The van der Waals surface area contributed by atoms with Crippen molar-refractivity contribution >= 4 is 38.4 Å². The molecule has 0 atom stereocenters. The Labute approximate surface area is 77.5 Å². The topological polar surface area (TPSA) is 15.8 Å². The Morgan fingerprint density at radius 1 is 1.27 bits per heavy atom. The van der Waals surface area contributed by atoms with Crippen LogP contribution in [0.25, 0.3) is 10.9 Å². The van der Waals surface area contributed by atoms with Gasteiger partial charge >= 0.3 is 0 Å². The van der Waals surface area contributed by atoms with Crippen LogP contribution in [0, 0.1) is 0 Å². The molecule has 0 saturated carbocycles. The van der Waals surface area contributed by atoms with Gasteiger partial charge in [0.15, 0.2) is 0 Å². The van der Waals surface area contributed by atoms with Gasteiger partial charge in [0, 0.05) is 21.6 Å². The van der Waals surface area contributed by atoms with E-state index in [0.717, 1.165) is 20.4 Å². The van der Waals surface area contributed by atoms with Gasteiger partial charge in [-0.2, -0.15) is 0 Å². The summed E-state index contributed by atoms with van der Waals surface area (Å²) in [6.45, 7) is 0. The highest BCUT2D eigenvalue weighted by Gasteiger charge is 2.02. The maximum Gasteiger partial charge on any atom is 0.0641 e. The number of aromatic nitrogens is 1. The predicted octanol–water partition coefficient (Wildman–Crippen LogP) is 3.58. The SMILES string of the molecule is Clc1c(Br)ccc2[nH]ccc12. The minimum atomic E-state index is 0.767. The summed E-state index contributed by atoms with van der Waals surface area (Å²) in [5, 5.41) is 1.82. The number of aromatic amines is 1. The van der Waals surface area contributed by atoms with E-state index in [1.807, 2.05) is 24.4 Å². The Bertz CT molecular complexity index is 394. The van der Waals surface area contributed by atoms with Crippen LogP contribution >= 0.6 is 27.5 Å². The monoisotopic (exact) mass is 229 g/mol. The van der Waals surface area contributed by atoms with E-state index in [1.165, 1.54) is 0 Å². The van der Waals surface area contributed by atoms with E-state index >= 15 is 0 Å². The molecule has 0 fully saturated rings. The van der Waals surface area contributed by atoms with Crippen molar-refractivity contribution in [3.63, 3.8) is 0 Å². The summed E-state index contributed by atoms with van der Waals surface area (Å²) in [6, 6.07) is 5.88. The maximum atomic E-state index is 6.00. The highest BCUT2D eigenvalue weighted by molar-refractivity contribution is 9.10. The lowest BCUT2D eigenvalue weighted by Crippen LogP contribution is -1.70. The molecule has 0 aliphatic heterocycles. The Kier molecular flexibility index (Phi) is 1.66. The van der Waals surface area contributed by atoms with Crippen LogP contribution in [-0.2, 0) is 0 Å². The number of hydrogen-bond acceptors (Lipinski definition) is 0. The summed E-state index contributed by atoms with van der Waals surface area (Å²) in [7, 11) is 0. The molecular weight excluding hydrogens is 225 g/mol. The van der Waals surface area contributed by atoms with E-state index in [-0.39, 0.29) is 0 Å². The molecule has 1 aromatic carbocycles. The third-order valence-corrected chi connectivity index (χ3v) is 2.92. The first kappa shape index (κ1) is 7.19. The number of nitrogens with one attached hydrogen (secondary N) is 1. The second-order valence-corrected chi connectivity index (χ2v) is 3.53. The van der Waals surface area contributed by atoms with Gasteiger partial charge in [0.1, 0.15) is 0 Å². The van der Waals surface area contributed by atoms with Crippen LogP contribution in [-0.4, -0.2) is 4.98 Å². The fourth-order valence-electron chi connectivity index (χ4n) is 1.07. The van der Waals surface area contributed by atoms with Gasteiger partial charge in [0.2, 0.25) is 0 Å². The van der Waals surface area contributed by atoms with E-state index in [1.54, 1.807) is 0 Å². The number of halogens is 2. The molecule has 1 N–H and O–H groups in total. The van der Waals surface area contributed by atoms with E-state index < -0.39 is 0 Å². The molecule has 0 radical (unpaired) electrons. The van der Waals surface area contributed by atoms with Gasteiger partial charge in [-0.05, 0) is 34.1 Å². The molecule has 0 amide bonds. The molecule has 0 saturated heterocycles. The van der Waals surface area contributed by atoms with E-state index in [2.05, 4.69) is 20.9 Å². The molecule has 0 aliphatic rings. The number of hydrogen-bond donors (Lipinski definition) is 1. The molecule has 1 nitrogen and oxygen atoms in total. The van der Waals surface area contributed by atoms with Crippen molar-refractivity contribution in [1.29, 1.82) is 0 Å². The third kappa shape index (κ3) is 1.06. The molecule has 1 heterocycles. The van der Waals surface area contributed by atoms with Crippen molar-refractivity contribution in [2.24, 2.45) is 0 Å². The smallest absolute Gasteiger partial charge is 0.0641 e. The standard InChI is InChI=1S/C8H5BrClN/c9-6-1-2-7-5(8(6)10)3-4-11-7/h1-4,11H. The largest absolute Gasteiger partial charge is 0.361 e. The van der Waals surface area contributed by atoms with Gasteiger partial charge in [-0.1, -0.05) is 11.6 Å². The zero-order valence-electron chi connectivity index (χ0n) is 5.57. The maximum absolute atomic E-state index is 6.00. The molecule has 0 aliphatic carbocycles. The minimum Gasteiger partial charge on any atom is -0.361 e. The van der Waals surface area contributed by atoms with Gasteiger partial charge in [-0.15, -0.1) is 0 Å². The quantitative estimate of drug-likeness (QED) is 0.712. The first-order valence-corrected chi connectivity index (χ1v) is 4.37. The predicted molar refractivity (Wildman–Crippen MR) is 51.0 cm³/mol. The Morgan fingerprint density at radius 2 is 2.09 bits per heavy atom. The minimum absolute atomic E-state index is 0.767. The van der Waals surface area contributed by atoms with Crippen molar-refractivity contribution in [2.75, 3.05) is 0 Å². The van der Waals surface area contributed by atoms with E-state index in [4.69, 9.17) is 11.6 Å². The lowest BCUT2D eigenvalue weighted by Gasteiger charge is -1.95. The molecule has 56 valence electrons. The molecule has 0 unspecified atom stereocenters. The summed E-state index contributed by atoms with van der Waals surface area (Å²) in [6.07, 6.45) is 1.88. The van der Waals surface area contributed by atoms with Crippen LogP contribution in [0.15, 0.2) is 28.9 Å². The van der Waals surface area contributed by atoms with Gasteiger partial charge in [-0.3, -0.25) is 0 Å². The fourth-order valence-corrected chi connectivity index (χ4v) is 1.64. The van der Waals surface area contributed by atoms with Gasteiger partial charge in [0.25, 0.3) is 0 Å². The molecule has 2 aromatic rings. The summed E-state index contributed by atoms with van der Waals surface area (Å²) < 4.78 is 0.936. The van der Waals surface area contributed by atoms with E-state index in [9.17, 15) is 0 Å². The van der Waals surface area contributed by atoms with Crippen LogP contribution in [0.2, 0.25) is 5.02 Å². The van der Waals surface area contributed by atoms with E-state index in [0.29, 0.717) is 0 Å². The zero-order chi connectivity index (χ0) is 7.84. The molecule has 0 bridgehead atoms. The molecule has 11 heavy (non-hydrogen) atoms. The average molecular weight is 230 g/mol. The van der Waals surface area contributed by atoms with Crippen LogP contribution in [0.5, 0.6) is 0 Å². The average Bonchev–Trinajstić information content (AvgIpc) is 2.45. The van der Waals surface area contributed by atoms with Crippen LogP contribution in [0.3, 0.4) is 0 Å². The van der Waals surface area contributed by atoms with Gasteiger partial charge in [0.05, 0.1) is 5.02 Å². The lowest BCUT2D eigenvalue weighted by atomic mass is 10.2. The first-order valence-electron chi connectivity index (χ1n) is 3.20. The highest BCUT2D eigenvalue weighted by atomic mass is 79.9. The Morgan fingerprint density at radius 3 is 2.91 bits per heavy atom. The summed E-state index contributed by atoms with van der Waals surface area (Å²) in [5.74, 6) is 0. The third-order valence-electron chi connectivity index (χ3n) is 1.62. The van der Waals surface area contributed by atoms with Crippen molar-refractivity contribution in [3.8, 4) is 0 Å². The van der Waals surface area contributed by atoms with Gasteiger partial charge < -0.3 is 4.98 Å². The summed E-state index contributed by atoms with van der Waals surface area (Å²) in [4.78, 5) is 3.08. The van der Waals surface area contributed by atoms with Crippen LogP contribution in [0.4, 0.5) is 0 Å². The Balaban J connectivity index is 2.93. The summed E-state index contributed by atoms with van der Waals surface area (Å²) >= 11 is 9.36. The second-order valence-electron chi connectivity index (χ2n) is 2.30. The number of rotatable bonds is 0. The van der Waals surface area contributed by atoms with Crippen molar-refractivity contribution in [2.45, 2.75) is 0 Å². The molecular formula is C8H5BrClN. The van der Waals surface area contributed by atoms with Crippen molar-refractivity contribution in [3.05, 3.63) is 33.9 Å². The molecule has 3 heteroatoms. The second kappa shape index (κ2) is 2.54. The van der Waals surface area contributed by atoms with Gasteiger partial charge in [-0.25, -0.2) is 0 Å². The normalized spacial score (nSPS) is 10.7. The zero-order valence-corrected chi connectivity index (χ0v) is 7.91. The van der Waals surface area contributed by atoms with Crippen molar-refractivity contribution in [1.82, 2.24) is 4.98 Å². The molecule has 2 rings (SSSR count). The number of H-pyrrole nitrogens is 1. The van der Waals surface area contributed by atoms with Crippen LogP contribution in [0.1, 0.15) is 0 Å². The molecule has 0 spiro atoms. The number of fused-ring (bicyclic) bond motifs is 1. The fraction of sp³-hybridized carbons (Fsp3) is 0. The number of benzene rings is 1. The molecule has 1 aromatic heterocycles. The highest BCUT2D eigenvalue weighted by Crippen LogP contribution is 2.29.